The number of methoxy groups -OCH3 is 1. The van der Waals surface area contributed by atoms with E-state index in [9.17, 15) is 4.79 Å². The normalized spacial score (nSPS) is 14.1. The third-order valence-corrected chi connectivity index (χ3v) is 6.12. The number of carbonyl (C=O) groups excluding carboxylic acids is 1. The summed E-state index contributed by atoms with van der Waals surface area (Å²) in [5, 5.41) is 3.05. The highest BCUT2D eigenvalue weighted by atomic mass is 16.5. The van der Waals surface area contributed by atoms with Crippen molar-refractivity contribution >= 4 is 5.91 Å². The molecule has 7 heteroatoms. The first-order valence-corrected chi connectivity index (χ1v) is 11.7. The van der Waals surface area contributed by atoms with Gasteiger partial charge in [-0.25, -0.2) is 0 Å². The number of nitrogens with zero attached hydrogens (tertiary/aromatic N) is 2. The van der Waals surface area contributed by atoms with E-state index < -0.39 is 0 Å². The Hall–Kier alpha value is -3.29. The van der Waals surface area contributed by atoms with Gasteiger partial charge in [0.15, 0.2) is 0 Å². The fraction of sp³-hybridized carbons (Fsp3) is 0.370. The van der Waals surface area contributed by atoms with Crippen molar-refractivity contribution in [1.29, 1.82) is 0 Å². The Morgan fingerprint density at radius 1 is 1.03 bits per heavy atom. The van der Waals surface area contributed by atoms with Gasteiger partial charge in [-0.3, -0.25) is 9.69 Å². The maximum absolute atomic E-state index is 13.0. The summed E-state index contributed by atoms with van der Waals surface area (Å²) in [6.07, 6.45) is 0. The molecule has 0 unspecified atom stereocenters. The summed E-state index contributed by atoms with van der Waals surface area (Å²) in [4.78, 5) is 15.3. The topological polar surface area (TPSA) is 65.0 Å². The number of nitrogens with one attached hydrogen (secondary N) is 1. The van der Waals surface area contributed by atoms with Crippen LogP contribution in [0, 0.1) is 13.8 Å². The first-order valence-electron chi connectivity index (χ1n) is 11.7. The fourth-order valence-corrected chi connectivity index (χ4v) is 4.28. The number of benzene rings is 2. The largest absolute Gasteiger partial charge is 0.497 e. The van der Waals surface area contributed by atoms with Gasteiger partial charge < -0.3 is 24.1 Å². The van der Waals surface area contributed by atoms with Gasteiger partial charge in [0.2, 0.25) is 0 Å². The van der Waals surface area contributed by atoms with Crippen LogP contribution in [0.3, 0.4) is 0 Å². The van der Waals surface area contributed by atoms with Gasteiger partial charge in [-0.1, -0.05) is 18.2 Å². The SMILES string of the molecule is COc1cccc(-n2c(C)cc(C(=O)NCc3cccc(OCCN4CCOCC4)c3)c2C)c1. The number of carbonyl (C=O) groups is 1. The highest BCUT2D eigenvalue weighted by molar-refractivity contribution is 5.95. The zero-order chi connectivity index (χ0) is 23.9. The smallest absolute Gasteiger partial charge is 0.253 e. The number of ether oxygens (including phenoxy) is 3. The molecule has 1 aliphatic heterocycles. The number of aryl methyl sites for hydroxylation is 1. The average Bonchev–Trinajstić information content (AvgIpc) is 3.17. The molecule has 0 spiro atoms. The molecular formula is C27H33N3O4. The van der Waals surface area contributed by atoms with E-state index in [1.54, 1.807) is 7.11 Å². The molecule has 2 heterocycles. The molecule has 1 aliphatic rings. The Kier molecular flexibility index (Phi) is 7.87. The van der Waals surface area contributed by atoms with Crippen molar-refractivity contribution in [3.63, 3.8) is 0 Å². The van der Waals surface area contributed by atoms with Gasteiger partial charge in [0.1, 0.15) is 18.1 Å². The van der Waals surface area contributed by atoms with E-state index >= 15 is 0 Å². The van der Waals surface area contributed by atoms with Crippen LogP contribution in [0.15, 0.2) is 54.6 Å². The standard InChI is InChI=1S/C27H33N3O4/c1-20-16-26(21(2)30(20)23-7-5-8-24(18-23)32-3)27(31)28-19-22-6-4-9-25(17-22)34-15-12-29-10-13-33-14-11-29/h4-9,16-18H,10-15,19H2,1-3H3,(H,28,31). The minimum Gasteiger partial charge on any atom is -0.497 e. The lowest BCUT2D eigenvalue weighted by molar-refractivity contribution is 0.0322. The van der Waals surface area contributed by atoms with Crippen molar-refractivity contribution in [2.24, 2.45) is 0 Å². The van der Waals surface area contributed by atoms with E-state index in [1.165, 1.54) is 0 Å². The lowest BCUT2D eigenvalue weighted by atomic mass is 10.2. The molecule has 34 heavy (non-hydrogen) atoms. The predicted molar refractivity (Wildman–Crippen MR) is 132 cm³/mol. The fourth-order valence-electron chi connectivity index (χ4n) is 4.28. The van der Waals surface area contributed by atoms with Crippen molar-refractivity contribution < 1.29 is 19.0 Å². The number of rotatable bonds is 9. The maximum atomic E-state index is 13.0. The van der Waals surface area contributed by atoms with Gasteiger partial charge in [-0.05, 0) is 49.7 Å². The van der Waals surface area contributed by atoms with Crippen molar-refractivity contribution in [2.45, 2.75) is 20.4 Å². The van der Waals surface area contributed by atoms with Crippen LogP contribution in [0.1, 0.15) is 27.3 Å². The van der Waals surface area contributed by atoms with Crippen LogP contribution >= 0.6 is 0 Å². The molecule has 1 amide bonds. The van der Waals surface area contributed by atoms with E-state index in [0.29, 0.717) is 18.7 Å². The number of hydrogen-bond donors (Lipinski definition) is 1. The molecule has 0 bridgehead atoms. The second-order valence-corrected chi connectivity index (χ2v) is 8.45. The highest BCUT2D eigenvalue weighted by Gasteiger charge is 2.17. The Labute approximate surface area is 201 Å². The summed E-state index contributed by atoms with van der Waals surface area (Å²) in [7, 11) is 1.65. The molecule has 0 atom stereocenters. The minimum atomic E-state index is -0.0964. The third kappa shape index (κ3) is 5.79. The van der Waals surface area contributed by atoms with Crippen LogP contribution in [0.4, 0.5) is 0 Å². The lowest BCUT2D eigenvalue weighted by Gasteiger charge is -2.26. The Morgan fingerprint density at radius 3 is 2.59 bits per heavy atom. The van der Waals surface area contributed by atoms with Crippen LogP contribution in [0.25, 0.3) is 5.69 Å². The molecule has 1 fully saturated rings. The average molecular weight is 464 g/mol. The molecule has 3 aromatic rings. The van der Waals surface area contributed by atoms with Gasteiger partial charge in [0.25, 0.3) is 5.91 Å². The molecular weight excluding hydrogens is 430 g/mol. The molecule has 180 valence electrons. The van der Waals surface area contributed by atoms with Crippen molar-refractivity contribution in [1.82, 2.24) is 14.8 Å². The molecule has 1 saturated heterocycles. The third-order valence-electron chi connectivity index (χ3n) is 6.12. The second kappa shape index (κ2) is 11.2. The zero-order valence-electron chi connectivity index (χ0n) is 20.2. The molecule has 0 saturated carbocycles. The van der Waals surface area contributed by atoms with E-state index in [0.717, 1.165) is 67.0 Å². The van der Waals surface area contributed by atoms with Gasteiger partial charge in [0.05, 0.1) is 25.9 Å². The number of morpholine rings is 1. The van der Waals surface area contributed by atoms with Crippen LogP contribution < -0.4 is 14.8 Å². The molecule has 2 aromatic carbocycles. The molecule has 0 aliphatic carbocycles. The van der Waals surface area contributed by atoms with Crippen molar-refractivity contribution in [3.05, 3.63) is 77.1 Å². The summed E-state index contributed by atoms with van der Waals surface area (Å²) in [6, 6.07) is 17.6. The summed E-state index contributed by atoms with van der Waals surface area (Å²) in [5.74, 6) is 1.50. The molecule has 1 aromatic heterocycles. The zero-order valence-corrected chi connectivity index (χ0v) is 20.2. The van der Waals surface area contributed by atoms with E-state index in [4.69, 9.17) is 14.2 Å². The summed E-state index contributed by atoms with van der Waals surface area (Å²) in [6.45, 7) is 9.39. The maximum Gasteiger partial charge on any atom is 0.253 e. The Morgan fingerprint density at radius 2 is 1.79 bits per heavy atom. The monoisotopic (exact) mass is 463 g/mol. The quantitative estimate of drug-likeness (QED) is 0.524. The molecule has 1 N–H and O–H groups in total. The number of amides is 1. The molecule has 0 radical (unpaired) electrons. The Bertz CT molecular complexity index is 1120. The van der Waals surface area contributed by atoms with Gasteiger partial charge in [0, 0.05) is 49.3 Å². The summed E-state index contributed by atoms with van der Waals surface area (Å²) >= 11 is 0. The first kappa shape index (κ1) is 23.9. The Balaban J connectivity index is 1.36. The minimum absolute atomic E-state index is 0.0964. The molecule has 7 nitrogen and oxygen atoms in total. The first-order chi connectivity index (χ1) is 16.5. The van der Waals surface area contributed by atoms with Crippen molar-refractivity contribution in [2.75, 3.05) is 46.6 Å². The lowest BCUT2D eigenvalue weighted by Crippen LogP contribution is -2.38. The van der Waals surface area contributed by atoms with Crippen LogP contribution in [0.2, 0.25) is 0 Å². The van der Waals surface area contributed by atoms with Gasteiger partial charge in [-0.2, -0.15) is 0 Å². The van der Waals surface area contributed by atoms with Gasteiger partial charge in [-0.15, -0.1) is 0 Å². The van der Waals surface area contributed by atoms with Crippen LogP contribution in [-0.4, -0.2) is 61.9 Å². The highest BCUT2D eigenvalue weighted by Crippen LogP contribution is 2.24. The summed E-state index contributed by atoms with van der Waals surface area (Å²) in [5.41, 5.74) is 4.52. The molecule has 4 rings (SSSR count). The summed E-state index contributed by atoms with van der Waals surface area (Å²) < 4.78 is 18.7. The number of hydrogen-bond acceptors (Lipinski definition) is 5. The van der Waals surface area contributed by atoms with Crippen LogP contribution in [0.5, 0.6) is 11.5 Å². The van der Waals surface area contributed by atoms with E-state index in [1.807, 2.05) is 68.4 Å². The van der Waals surface area contributed by atoms with Gasteiger partial charge >= 0.3 is 0 Å². The van der Waals surface area contributed by atoms with Crippen LogP contribution in [-0.2, 0) is 11.3 Å². The van der Waals surface area contributed by atoms with E-state index in [-0.39, 0.29) is 5.91 Å². The van der Waals surface area contributed by atoms with E-state index in [2.05, 4.69) is 14.8 Å². The number of aromatic nitrogens is 1. The predicted octanol–water partition coefficient (Wildman–Crippen LogP) is 3.74. The van der Waals surface area contributed by atoms with Crippen molar-refractivity contribution in [3.8, 4) is 17.2 Å². The second-order valence-electron chi connectivity index (χ2n) is 8.45.